The third-order valence-corrected chi connectivity index (χ3v) is 6.45. The standard InChI is InChI=1S/C23H21N3O4S/c1-26-15-18(14-25-26)21-10-6-5-7-17(21)13-24-23(27)22-12-11-19(30-22)16-31(28,29)20-8-3-2-4-9-20/h2-12,14-15H,13,16H2,1H3,(H,24,27). The first-order chi connectivity index (χ1) is 14.9. The summed E-state index contributed by atoms with van der Waals surface area (Å²) in [6.45, 7) is 0.294. The van der Waals surface area contributed by atoms with E-state index in [1.165, 1.54) is 24.3 Å². The fraction of sp³-hybridized carbons (Fsp3) is 0.130. The SMILES string of the molecule is Cn1cc(-c2ccccc2CNC(=O)c2ccc(CS(=O)(=O)c3ccccc3)o2)cn1. The lowest BCUT2D eigenvalue weighted by atomic mass is 10.0. The quantitative estimate of drug-likeness (QED) is 0.479. The van der Waals surface area contributed by atoms with Gasteiger partial charge in [-0.1, -0.05) is 42.5 Å². The molecule has 0 unspecified atom stereocenters. The lowest BCUT2D eigenvalue weighted by Gasteiger charge is -2.09. The second kappa shape index (κ2) is 8.61. The summed E-state index contributed by atoms with van der Waals surface area (Å²) in [6.07, 6.45) is 3.68. The average Bonchev–Trinajstić information content (AvgIpc) is 3.41. The summed E-state index contributed by atoms with van der Waals surface area (Å²) in [5.74, 6) is -0.444. The molecule has 0 radical (unpaired) electrons. The molecule has 31 heavy (non-hydrogen) atoms. The molecule has 0 bridgehead atoms. The van der Waals surface area contributed by atoms with Gasteiger partial charge in [-0.15, -0.1) is 0 Å². The number of carbonyl (C=O) groups excluding carboxylic acids is 1. The molecule has 0 aliphatic carbocycles. The van der Waals surface area contributed by atoms with Gasteiger partial charge in [0.05, 0.1) is 11.1 Å². The van der Waals surface area contributed by atoms with E-state index in [1.54, 1.807) is 29.1 Å². The highest BCUT2D eigenvalue weighted by Gasteiger charge is 2.19. The minimum absolute atomic E-state index is 0.0668. The van der Waals surface area contributed by atoms with Crippen LogP contribution in [-0.2, 0) is 29.2 Å². The molecule has 0 fully saturated rings. The summed E-state index contributed by atoms with van der Waals surface area (Å²) in [7, 11) is -1.70. The van der Waals surface area contributed by atoms with E-state index in [1.807, 2.05) is 37.5 Å². The van der Waals surface area contributed by atoms with Crippen LogP contribution in [0.3, 0.4) is 0 Å². The van der Waals surface area contributed by atoms with Gasteiger partial charge in [-0.2, -0.15) is 5.10 Å². The zero-order valence-corrected chi connectivity index (χ0v) is 17.7. The average molecular weight is 436 g/mol. The van der Waals surface area contributed by atoms with E-state index < -0.39 is 15.7 Å². The molecule has 0 saturated carbocycles. The Morgan fingerprint density at radius 3 is 2.52 bits per heavy atom. The van der Waals surface area contributed by atoms with E-state index in [0.717, 1.165) is 16.7 Å². The van der Waals surface area contributed by atoms with E-state index in [9.17, 15) is 13.2 Å². The number of benzene rings is 2. The van der Waals surface area contributed by atoms with Crippen molar-refractivity contribution in [3.8, 4) is 11.1 Å². The fourth-order valence-electron chi connectivity index (χ4n) is 3.25. The topological polar surface area (TPSA) is 94.2 Å². The summed E-state index contributed by atoms with van der Waals surface area (Å²) in [4.78, 5) is 12.8. The third kappa shape index (κ3) is 4.75. The maximum absolute atomic E-state index is 12.5. The summed E-state index contributed by atoms with van der Waals surface area (Å²) in [5, 5.41) is 7.03. The molecule has 8 heteroatoms. The Balaban J connectivity index is 1.44. The van der Waals surface area contributed by atoms with Gasteiger partial charge < -0.3 is 9.73 Å². The molecule has 2 heterocycles. The van der Waals surface area contributed by atoms with Gasteiger partial charge in [0.15, 0.2) is 15.6 Å². The third-order valence-electron chi connectivity index (χ3n) is 4.79. The van der Waals surface area contributed by atoms with Crippen molar-refractivity contribution in [2.24, 2.45) is 7.05 Å². The van der Waals surface area contributed by atoms with Crippen LogP contribution in [0.5, 0.6) is 0 Å². The van der Waals surface area contributed by atoms with Gasteiger partial charge in [0.1, 0.15) is 11.5 Å². The van der Waals surface area contributed by atoms with E-state index in [2.05, 4.69) is 10.4 Å². The van der Waals surface area contributed by atoms with Crippen LogP contribution >= 0.6 is 0 Å². The maximum atomic E-state index is 12.5. The minimum atomic E-state index is -3.55. The van der Waals surface area contributed by atoms with Crippen molar-refractivity contribution >= 4 is 15.7 Å². The Morgan fingerprint density at radius 1 is 1.03 bits per heavy atom. The van der Waals surface area contributed by atoms with E-state index in [-0.39, 0.29) is 22.2 Å². The summed E-state index contributed by atoms with van der Waals surface area (Å²) >= 11 is 0. The van der Waals surface area contributed by atoms with Crippen molar-refractivity contribution in [1.29, 1.82) is 0 Å². The maximum Gasteiger partial charge on any atom is 0.287 e. The number of carbonyl (C=O) groups is 1. The highest BCUT2D eigenvalue weighted by atomic mass is 32.2. The number of aromatic nitrogens is 2. The second-order valence-corrected chi connectivity index (χ2v) is 9.07. The number of sulfone groups is 1. The molecule has 2 aromatic carbocycles. The monoisotopic (exact) mass is 435 g/mol. The largest absolute Gasteiger partial charge is 0.455 e. The van der Waals surface area contributed by atoms with Crippen molar-refractivity contribution in [2.75, 3.05) is 0 Å². The lowest BCUT2D eigenvalue weighted by Crippen LogP contribution is -2.22. The second-order valence-electron chi connectivity index (χ2n) is 7.08. The summed E-state index contributed by atoms with van der Waals surface area (Å²) < 4.78 is 32.2. The van der Waals surface area contributed by atoms with Crippen LogP contribution in [0.1, 0.15) is 21.9 Å². The normalized spacial score (nSPS) is 11.4. The van der Waals surface area contributed by atoms with Gasteiger partial charge in [-0.05, 0) is 35.4 Å². The van der Waals surface area contributed by atoms with Crippen LogP contribution in [0, 0.1) is 0 Å². The first-order valence-corrected chi connectivity index (χ1v) is 11.3. The van der Waals surface area contributed by atoms with Gasteiger partial charge >= 0.3 is 0 Å². The number of furan rings is 1. The van der Waals surface area contributed by atoms with Crippen LogP contribution < -0.4 is 5.32 Å². The molecule has 0 spiro atoms. The van der Waals surface area contributed by atoms with Gasteiger partial charge in [-0.25, -0.2) is 8.42 Å². The van der Waals surface area contributed by atoms with Crippen molar-refractivity contribution < 1.29 is 17.6 Å². The van der Waals surface area contributed by atoms with Crippen LogP contribution in [0.4, 0.5) is 0 Å². The van der Waals surface area contributed by atoms with Crippen LogP contribution in [0.15, 0.2) is 88.4 Å². The molecule has 158 valence electrons. The molecule has 1 amide bonds. The van der Waals surface area contributed by atoms with Gasteiger partial charge in [0, 0.05) is 25.4 Å². The molecule has 4 aromatic rings. The predicted molar refractivity (Wildman–Crippen MR) is 116 cm³/mol. The molecule has 1 N–H and O–H groups in total. The van der Waals surface area contributed by atoms with E-state index in [0.29, 0.717) is 6.54 Å². The number of aryl methyl sites for hydroxylation is 1. The Bertz CT molecular complexity index is 1310. The van der Waals surface area contributed by atoms with Crippen molar-refractivity contribution in [2.45, 2.75) is 17.2 Å². The lowest BCUT2D eigenvalue weighted by molar-refractivity contribution is 0.0921. The minimum Gasteiger partial charge on any atom is -0.455 e. The first-order valence-electron chi connectivity index (χ1n) is 9.64. The zero-order valence-electron chi connectivity index (χ0n) is 16.9. The van der Waals surface area contributed by atoms with Crippen molar-refractivity contribution in [1.82, 2.24) is 15.1 Å². The summed E-state index contributed by atoms with van der Waals surface area (Å²) in [6, 6.07) is 18.9. The van der Waals surface area contributed by atoms with Crippen LogP contribution in [0.2, 0.25) is 0 Å². The van der Waals surface area contributed by atoms with Gasteiger partial charge in [0.25, 0.3) is 5.91 Å². The van der Waals surface area contributed by atoms with Gasteiger partial charge in [-0.3, -0.25) is 9.48 Å². The van der Waals surface area contributed by atoms with Crippen molar-refractivity contribution in [3.05, 3.63) is 96.2 Å². The Kier molecular flexibility index (Phi) is 5.73. The highest BCUT2D eigenvalue weighted by Crippen LogP contribution is 2.23. The van der Waals surface area contributed by atoms with Gasteiger partial charge in [0.2, 0.25) is 0 Å². The number of rotatable bonds is 7. The zero-order chi connectivity index (χ0) is 21.8. The van der Waals surface area contributed by atoms with Crippen LogP contribution in [0.25, 0.3) is 11.1 Å². The molecular formula is C23H21N3O4S. The number of hydrogen-bond donors (Lipinski definition) is 1. The molecule has 0 aliphatic rings. The fourth-order valence-corrected chi connectivity index (χ4v) is 4.52. The van der Waals surface area contributed by atoms with E-state index >= 15 is 0 Å². The van der Waals surface area contributed by atoms with E-state index in [4.69, 9.17) is 4.42 Å². The smallest absolute Gasteiger partial charge is 0.287 e. The molecule has 0 saturated heterocycles. The highest BCUT2D eigenvalue weighted by molar-refractivity contribution is 7.90. The Labute approximate surface area is 180 Å². The molecule has 0 atom stereocenters. The Hall–Kier alpha value is -3.65. The Morgan fingerprint density at radius 2 is 1.77 bits per heavy atom. The predicted octanol–water partition coefficient (Wildman–Crippen LogP) is 3.58. The number of nitrogens with zero attached hydrogens (tertiary/aromatic N) is 2. The summed E-state index contributed by atoms with van der Waals surface area (Å²) in [5.41, 5.74) is 2.87. The number of amides is 1. The molecule has 2 aromatic heterocycles. The molecule has 7 nitrogen and oxygen atoms in total. The number of hydrogen-bond acceptors (Lipinski definition) is 5. The first kappa shape index (κ1) is 20.6. The number of nitrogens with one attached hydrogen (secondary N) is 1. The molecule has 4 rings (SSSR count). The molecule has 0 aliphatic heterocycles. The van der Waals surface area contributed by atoms with Crippen LogP contribution in [-0.4, -0.2) is 24.1 Å². The molecular weight excluding hydrogens is 414 g/mol. The van der Waals surface area contributed by atoms with Crippen molar-refractivity contribution in [3.63, 3.8) is 0 Å².